The summed E-state index contributed by atoms with van der Waals surface area (Å²) in [6, 6.07) is 8.28. The Morgan fingerprint density at radius 1 is 1.47 bits per heavy atom. The highest BCUT2D eigenvalue weighted by Crippen LogP contribution is 2.22. The summed E-state index contributed by atoms with van der Waals surface area (Å²) < 4.78 is 6.08. The van der Waals surface area contributed by atoms with Gasteiger partial charge in [0.25, 0.3) is 0 Å². The van der Waals surface area contributed by atoms with Crippen LogP contribution < -0.4 is 11.1 Å². The molecule has 0 radical (unpaired) electrons. The number of nitrogens with two attached hydrogens (primary N) is 1. The van der Waals surface area contributed by atoms with E-state index in [2.05, 4.69) is 27.3 Å². The van der Waals surface area contributed by atoms with Crippen LogP contribution in [0.2, 0.25) is 0 Å². The highest BCUT2D eigenvalue weighted by atomic mass is 79.9. The second-order valence-electron chi connectivity index (χ2n) is 3.26. The van der Waals surface area contributed by atoms with Crippen LogP contribution in [0, 0.1) is 0 Å². The van der Waals surface area contributed by atoms with Crippen LogP contribution in [0.5, 0.6) is 0 Å². The van der Waals surface area contributed by atoms with Crippen molar-refractivity contribution in [1.82, 2.24) is 5.32 Å². The SMILES string of the molecule is COCCNC(CN)c1ccccc1Br. The Balaban J connectivity index is 2.61. The first-order valence-electron chi connectivity index (χ1n) is 4.96. The molecule has 1 atom stereocenters. The van der Waals surface area contributed by atoms with Gasteiger partial charge in [-0.15, -0.1) is 0 Å². The zero-order valence-corrected chi connectivity index (χ0v) is 10.5. The van der Waals surface area contributed by atoms with Crippen LogP contribution >= 0.6 is 15.9 Å². The average molecular weight is 273 g/mol. The van der Waals surface area contributed by atoms with E-state index in [1.807, 2.05) is 18.2 Å². The van der Waals surface area contributed by atoms with Gasteiger partial charge in [-0.05, 0) is 11.6 Å². The average Bonchev–Trinajstić information content (AvgIpc) is 2.26. The molecule has 0 aliphatic heterocycles. The number of ether oxygens (including phenoxy) is 1. The minimum atomic E-state index is 0.177. The van der Waals surface area contributed by atoms with E-state index in [-0.39, 0.29) is 6.04 Å². The zero-order valence-electron chi connectivity index (χ0n) is 8.87. The van der Waals surface area contributed by atoms with Crippen LogP contribution in [-0.2, 0) is 4.74 Å². The summed E-state index contributed by atoms with van der Waals surface area (Å²) in [5.41, 5.74) is 6.92. The van der Waals surface area contributed by atoms with E-state index >= 15 is 0 Å². The largest absolute Gasteiger partial charge is 0.383 e. The van der Waals surface area contributed by atoms with Crippen LogP contribution in [0.25, 0.3) is 0 Å². The van der Waals surface area contributed by atoms with Crippen molar-refractivity contribution in [2.45, 2.75) is 6.04 Å². The van der Waals surface area contributed by atoms with Crippen molar-refractivity contribution in [2.75, 3.05) is 26.8 Å². The molecule has 0 heterocycles. The molecule has 0 fully saturated rings. The van der Waals surface area contributed by atoms with Crippen molar-refractivity contribution in [1.29, 1.82) is 0 Å². The molecule has 0 bridgehead atoms. The Bertz CT molecular complexity index is 294. The molecule has 1 rings (SSSR count). The van der Waals surface area contributed by atoms with Gasteiger partial charge in [0, 0.05) is 30.7 Å². The molecule has 0 spiro atoms. The molecule has 15 heavy (non-hydrogen) atoms. The van der Waals surface area contributed by atoms with Crippen molar-refractivity contribution in [2.24, 2.45) is 5.73 Å². The first kappa shape index (κ1) is 12.6. The Morgan fingerprint density at radius 2 is 2.20 bits per heavy atom. The Labute approximate surface area is 99.1 Å². The summed E-state index contributed by atoms with van der Waals surface area (Å²) in [4.78, 5) is 0. The van der Waals surface area contributed by atoms with Gasteiger partial charge in [-0.25, -0.2) is 0 Å². The highest BCUT2D eigenvalue weighted by molar-refractivity contribution is 9.10. The molecule has 3 nitrogen and oxygen atoms in total. The fourth-order valence-electron chi connectivity index (χ4n) is 1.41. The number of hydrogen-bond acceptors (Lipinski definition) is 3. The van der Waals surface area contributed by atoms with Crippen molar-refractivity contribution in [3.63, 3.8) is 0 Å². The molecule has 0 saturated heterocycles. The van der Waals surface area contributed by atoms with Crippen LogP contribution in [-0.4, -0.2) is 26.8 Å². The van der Waals surface area contributed by atoms with Crippen LogP contribution in [0.3, 0.4) is 0 Å². The van der Waals surface area contributed by atoms with E-state index < -0.39 is 0 Å². The van der Waals surface area contributed by atoms with E-state index in [0.29, 0.717) is 13.2 Å². The molecule has 0 saturated carbocycles. The summed E-state index contributed by atoms with van der Waals surface area (Å²) in [6.07, 6.45) is 0. The second-order valence-corrected chi connectivity index (χ2v) is 4.11. The molecular weight excluding hydrogens is 256 g/mol. The van der Waals surface area contributed by atoms with Gasteiger partial charge in [-0.3, -0.25) is 0 Å². The van der Waals surface area contributed by atoms with Crippen LogP contribution in [0.15, 0.2) is 28.7 Å². The molecule has 3 N–H and O–H groups in total. The predicted molar refractivity (Wildman–Crippen MR) is 65.8 cm³/mol. The van der Waals surface area contributed by atoms with E-state index in [1.165, 1.54) is 5.56 Å². The van der Waals surface area contributed by atoms with Crippen LogP contribution in [0.1, 0.15) is 11.6 Å². The monoisotopic (exact) mass is 272 g/mol. The summed E-state index contributed by atoms with van der Waals surface area (Å²) in [5.74, 6) is 0. The number of rotatable bonds is 6. The normalized spacial score (nSPS) is 12.7. The smallest absolute Gasteiger partial charge is 0.0587 e. The van der Waals surface area contributed by atoms with E-state index in [4.69, 9.17) is 10.5 Å². The van der Waals surface area contributed by atoms with Gasteiger partial charge in [0.15, 0.2) is 0 Å². The third-order valence-electron chi connectivity index (χ3n) is 2.21. The summed E-state index contributed by atoms with van der Waals surface area (Å²) in [6.45, 7) is 2.08. The third-order valence-corrected chi connectivity index (χ3v) is 2.94. The fourth-order valence-corrected chi connectivity index (χ4v) is 1.97. The van der Waals surface area contributed by atoms with Crippen molar-refractivity contribution in [3.05, 3.63) is 34.3 Å². The Kier molecular flexibility index (Phi) is 5.86. The molecule has 0 aliphatic carbocycles. The molecule has 0 aromatic heterocycles. The number of hydrogen-bond donors (Lipinski definition) is 2. The summed E-state index contributed by atoms with van der Waals surface area (Å²) in [7, 11) is 1.69. The van der Waals surface area contributed by atoms with Gasteiger partial charge in [0.1, 0.15) is 0 Å². The van der Waals surface area contributed by atoms with Crippen LogP contribution in [0.4, 0.5) is 0 Å². The molecule has 0 aliphatic rings. The fraction of sp³-hybridized carbons (Fsp3) is 0.455. The second kappa shape index (κ2) is 6.95. The number of nitrogens with one attached hydrogen (secondary N) is 1. The quantitative estimate of drug-likeness (QED) is 0.775. The van der Waals surface area contributed by atoms with Gasteiger partial charge in [0.2, 0.25) is 0 Å². The standard InChI is InChI=1S/C11H17BrN2O/c1-15-7-6-14-11(8-13)9-4-2-3-5-10(9)12/h2-5,11,14H,6-8,13H2,1H3. The lowest BCUT2D eigenvalue weighted by atomic mass is 10.1. The molecule has 0 amide bonds. The van der Waals surface area contributed by atoms with Gasteiger partial charge >= 0.3 is 0 Å². The van der Waals surface area contributed by atoms with E-state index in [1.54, 1.807) is 7.11 Å². The molecular formula is C11H17BrN2O. The van der Waals surface area contributed by atoms with Crippen molar-refractivity contribution in [3.8, 4) is 0 Å². The lowest BCUT2D eigenvalue weighted by Gasteiger charge is -2.18. The lowest BCUT2D eigenvalue weighted by Crippen LogP contribution is -2.30. The zero-order chi connectivity index (χ0) is 11.1. The molecule has 1 aromatic carbocycles. The number of halogens is 1. The Hall–Kier alpha value is -0.420. The molecule has 1 unspecified atom stereocenters. The topological polar surface area (TPSA) is 47.3 Å². The lowest BCUT2D eigenvalue weighted by molar-refractivity contribution is 0.196. The van der Waals surface area contributed by atoms with Crippen molar-refractivity contribution < 1.29 is 4.74 Å². The Morgan fingerprint density at radius 3 is 2.80 bits per heavy atom. The predicted octanol–water partition coefficient (Wildman–Crippen LogP) is 1.68. The summed E-state index contributed by atoms with van der Waals surface area (Å²) in [5, 5.41) is 3.35. The number of benzene rings is 1. The minimum Gasteiger partial charge on any atom is -0.383 e. The molecule has 4 heteroatoms. The maximum absolute atomic E-state index is 5.73. The van der Waals surface area contributed by atoms with E-state index in [9.17, 15) is 0 Å². The minimum absolute atomic E-state index is 0.177. The summed E-state index contributed by atoms with van der Waals surface area (Å²) >= 11 is 3.52. The van der Waals surface area contributed by atoms with Gasteiger partial charge < -0.3 is 15.8 Å². The number of methoxy groups -OCH3 is 1. The maximum atomic E-state index is 5.73. The van der Waals surface area contributed by atoms with Gasteiger partial charge in [-0.1, -0.05) is 34.1 Å². The highest BCUT2D eigenvalue weighted by Gasteiger charge is 2.10. The maximum Gasteiger partial charge on any atom is 0.0587 e. The molecule has 1 aromatic rings. The molecule has 84 valence electrons. The first-order valence-corrected chi connectivity index (χ1v) is 5.75. The van der Waals surface area contributed by atoms with Gasteiger partial charge in [0.05, 0.1) is 6.61 Å². The van der Waals surface area contributed by atoms with Gasteiger partial charge in [-0.2, -0.15) is 0 Å². The first-order chi connectivity index (χ1) is 7.29. The third kappa shape index (κ3) is 3.91. The van der Waals surface area contributed by atoms with Crippen molar-refractivity contribution >= 4 is 15.9 Å². The van der Waals surface area contributed by atoms with E-state index in [0.717, 1.165) is 11.0 Å².